The van der Waals surface area contributed by atoms with Gasteiger partial charge in [-0.15, -0.1) is 11.3 Å². The second-order valence-electron chi connectivity index (χ2n) is 6.74. The molecule has 0 aliphatic rings. The van der Waals surface area contributed by atoms with Gasteiger partial charge in [0.1, 0.15) is 10.8 Å². The molecule has 5 nitrogen and oxygen atoms in total. The van der Waals surface area contributed by atoms with E-state index in [1.807, 2.05) is 32.2 Å². The fourth-order valence-corrected chi connectivity index (χ4v) is 3.99. The van der Waals surface area contributed by atoms with E-state index in [2.05, 4.69) is 34.3 Å². The number of aromatic nitrogens is 3. The van der Waals surface area contributed by atoms with Gasteiger partial charge in [0.2, 0.25) is 5.95 Å². The minimum Gasteiger partial charge on any atom is -0.494 e. The number of benzene rings is 1. The van der Waals surface area contributed by atoms with E-state index in [0.717, 1.165) is 45.6 Å². The topological polar surface area (TPSA) is 59.9 Å². The molecule has 1 aromatic carbocycles. The third-order valence-electron chi connectivity index (χ3n) is 4.53. The van der Waals surface area contributed by atoms with E-state index in [0.29, 0.717) is 5.95 Å². The monoisotopic (exact) mass is 396 g/mol. The summed E-state index contributed by atoms with van der Waals surface area (Å²) in [5.74, 6) is 1.53. The number of nitrogens with one attached hydrogen (secondary N) is 1. The first kappa shape index (κ1) is 20.3. The van der Waals surface area contributed by atoms with E-state index in [1.165, 1.54) is 25.7 Å². The Morgan fingerprint density at radius 3 is 2.54 bits per heavy atom. The summed E-state index contributed by atoms with van der Waals surface area (Å²) in [5, 5.41) is 3.97. The van der Waals surface area contributed by atoms with Gasteiger partial charge in [-0.25, -0.2) is 15.0 Å². The standard InChI is InChI=1S/C22H28N4OS/c1-4-5-6-7-8-15-27-18-11-9-17(10-12-18)21-25-16(2)20(28-21)19-13-14-24-22(23-3)26-19/h9-14H,4-8,15H2,1-3H3,(H,23,24,26). The summed E-state index contributed by atoms with van der Waals surface area (Å²) in [6.45, 7) is 5.04. The van der Waals surface area contributed by atoms with Gasteiger partial charge in [-0.1, -0.05) is 32.6 Å². The molecule has 3 aromatic rings. The third kappa shape index (κ3) is 5.29. The van der Waals surface area contributed by atoms with E-state index in [9.17, 15) is 0 Å². The molecule has 148 valence electrons. The summed E-state index contributed by atoms with van der Waals surface area (Å²) in [5.41, 5.74) is 2.97. The molecule has 6 heteroatoms. The lowest BCUT2D eigenvalue weighted by molar-refractivity contribution is 0.304. The molecule has 0 saturated carbocycles. The third-order valence-corrected chi connectivity index (χ3v) is 5.76. The lowest BCUT2D eigenvalue weighted by Crippen LogP contribution is -1.97. The van der Waals surface area contributed by atoms with Crippen molar-refractivity contribution in [2.24, 2.45) is 0 Å². The van der Waals surface area contributed by atoms with Crippen molar-refractivity contribution in [1.82, 2.24) is 15.0 Å². The molecule has 3 rings (SSSR count). The first-order valence-corrected chi connectivity index (χ1v) is 10.7. The first-order chi connectivity index (χ1) is 13.7. The van der Waals surface area contributed by atoms with E-state index < -0.39 is 0 Å². The maximum absolute atomic E-state index is 5.86. The summed E-state index contributed by atoms with van der Waals surface area (Å²) >= 11 is 1.65. The van der Waals surface area contributed by atoms with Crippen LogP contribution in [0.3, 0.4) is 0 Å². The van der Waals surface area contributed by atoms with Crippen molar-refractivity contribution in [3.63, 3.8) is 0 Å². The van der Waals surface area contributed by atoms with E-state index in [4.69, 9.17) is 9.72 Å². The van der Waals surface area contributed by atoms with Crippen LogP contribution in [0.15, 0.2) is 36.5 Å². The molecule has 0 unspecified atom stereocenters. The maximum atomic E-state index is 5.86. The number of thiazole rings is 1. The molecular weight excluding hydrogens is 368 g/mol. The SMILES string of the molecule is CCCCCCCOc1ccc(-c2nc(C)c(-c3ccnc(NC)n3)s2)cc1. The van der Waals surface area contributed by atoms with Crippen LogP contribution in [0.4, 0.5) is 5.95 Å². The Bertz CT molecular complexity index is 876. The van der Waals surface area contributed by atoms with Crippen molar-refractivity contribution in [3.05, 3.63) is 42.2 Å². The largest absolute Gasteiger partial charge is 0.494 e. The summed E-state index contributed by atoms with van der Waals surface area (Å²) in [6.07, 6.45) is 8.01. The van der Waals surface area contributed by atoms with Gasteiger partial charge in [0.05, 0.1) is 22.9 Å². The fourth-order valence-electron chi connectivity index (χ4n) is 2.95. The van der Waals surface area contributed by atoms with E-state index in [-0.39, 0.29) is 0 Å². The number of hydrogen-bond donors (Lipinski definition) is 1. The maximum Gasteiger partial charge on any atom is 0.222 e. The highest BCUT2D eigenvalue weighted by Gasteiger charge is 2.13. The number of anilines is 1. The Morgan fingerprint density at radius 1 is 1.00 bits per heavy atom. The van der Waals surface area contributed by atoms with Crippen molar-refractivity contribution in [2.75, 3.05) is 19.0 Å². The fraction of sp³-hybridized carbons (Fsp3) is 0.409. The number of unbranched alkanes of at least 4 members (excludes halogenated alkanes) is 4. The lowest BCUT2D eigenvalue weighted by Gasteiger charge is -2.06. The van der Waals surface area contributed by atoms with E-state index in [1.54, 1.807) is 17.5 Å². The van der Waals surface area contributed by atoms with Crippen LogP contribution in [0, 0.1) is 6.92 Å². The van der Waals surface area contributed by atoms with Crippen LogP contribution >= 0.6 is 11.3 Å². The molecule has 0 aliphatic heterocycles. The van der Waals surface area contributed by atoms with Crippen LogP contribution in [0.2, 0.25) is 0 Å². The molecule has 0 bridgehead atoms. The summed E-state index contributed by atoms with van der Waals surface area (Å²) in [6, 6.07) is 10.1. The van der Waals surface area contributed by atoms with Crippen molar-refractivity contribution in [3.8, 4) is 26.9 Å². The zero-order chi connectivity index (χ0) is 19.8. The summed E-state index contributed by atoms with van der Waals surface area (Å²) < 4.78 is 5.86. The van der Waals surface area contributed by atoms with Crippen LogP contribution in [-0.4, -0.2) is 28.6 Å². The molecule has 0 atom stereocenters. The zero-order valence-electron chi connectivity index (χ0n) is 16.9. The highest BCUT2D eigenvalue weighted by Crippen LogP contribution is 2.35. The van der Waals surface area contributed by atoms with Crippen LogP contribution in [0.25, 0.3) is 21.1 Å². The Kier molecular flexibility index (Phi) is 7.37. The molecular formula is C22H28N4OS. The quantitative estimate of drug-likeness (QED) is 0.428. The van der Waals surface area contributed by atoms with Crippen molar-refractivity contribution in [1.29, 1.82) is 0 Å². The second-order valence-corrected chi connectivity index (χ2v) is 7.74. The van der Waals surface area contributed by atoms with Gasteiger partial charge >= 0.3 is 0 Å². The molecule has 2 heterocycles. The zero-order valence-corrected chi connectivity index (χ0v) is 17.7. The molecule has 0 amide bonds. The van der Waals surface area contributed by atoms with Crippen molar-refractivity contribution in [2.45, 2.75) is 46.0 Å². The van der Waals surface area contributed by atoms with Crippen LogP contribution in [0.1, 0.15) is 44.7 Å². The smallest absolute Gasteiger partial charge is 0.222 e. The predicted molar refractivity (Wildman–Crippen MR) is 117 cm³/mol. The Hall–Kier alpha value is -2.47. The van der Waals surface area contributed by atoms with Gasteiger partial charge < -0.3 is 10.1 Å². The molecule has 2 aromatic heterocycles. The van der Waals surface area contributed by atoms with Crippen molar-refractivity contribution < 1.29 is 4.74 Å². The Balaban J connectivity index is 1.64. The number of aryl methyl sites for hydroxylation is 1. The molecule has 0 saturated heterocycles. The first-order valence-electron chi connectivity index (χ1n) is 9.93. The lowest BCUT2D eigenvalue weighted by atomic mass is 10.2. The summed E-state index contributed by atoms with van der Waals surface area (Å²) in [7, 11) is 1.82. The average Bonchev–Trinajstić information content (AvgIpc) is 3.13. The Morgan fingerprint density at radius 2 is 1.79 bits per heavy atom. The molecule has 0 aliphatic carbocycles. The molecule has 28 heavy (non-hydrogen) atoms. The molecule has 1 N–H and O–H groups in total. The van der Waals surface area contributed by atoms with E-state index >= 15 is 0 Å². The highest BCUT2D eigenvalue weighted by atomic mass is 32.1. The minimum absolute atomic E-state index is 0.614. The number of rotatable bonds is 10. The van der Waals surface area contributed by atoms with Gasteiger partial charge in [-0.3, -0.25) is 0 Å². The van der Waals surface area contributed by atoms with Gasteiger partial charge in [0.15, 0.2) is 0 Å². The molecule has 0 radical (unpaired) electrons. The normalized spacial score (nSPS) is 10.8. The van der Waals surface area contributed by atoms with Gasteiger partial charge in [0, 0.05) is 18.8 Å². The van der Waals surface area contributed by atoms with Gasteiger partial charge in [-0.2, -0.15) is 0 Å². The number of hydrogen-bond acceptors (Lipinski definition) is 6. The van der Waals surface area contributed by atoms with Gasteiger partial charge in [0.25, 0.3) is 0 Å². The van der Waals surface area contributed by atoms with Crippen LogP contribution in [-0.2, 0) is 0 Å². The molecule has 0 fully saturated rings. The Labute approximate surface area is 171 Å². The molecule has 0 spiro atoms. The number of nitrogens with zero attached hydrogens (tertiary/aromatic N) is 3. The van der Waals surface area contributed by atoms with Crippen LogP contribution in [0.5, 0.6) is 5.75 Å². The summed E-state index contributed by atoms with van der Waals surface area (Å²) in [4.78, 5) is 14.5. The van der Waals surface area contributed by atoms with Gasteiger partial charge in [-0.05, 0) is 43.7 Å². The second kappa shape index (κ2) is 10.2. The van der Waals surface area contributed by atoms with Crippen molar-refractivity contribution >= 4 is 17.3 Å². The minimum atomic E-state index is 0.614. The predicted octanol–water partition coefficient (Wildman–Crippen LogP) is 5.97. The highest BCUT2D eigenvalue weighted by molar-refractivity contribution is 7.18. The van der Waals surface area contributed by atoms with Crippen LogP contribution < -0.4 is 10.1 Å². The number of ether oxygens (including phenoxy) is 1. The average molecular weight is 397 g/mol.